The summed E-state index contributed by atoms with van der Waals surface area (Å²) in [6.07, 6.45) is 0. The lowest BCUT2D eigenvalue weighted by molar-refractivity contribution is 0.233. The molecule has 0 amide bonds. The summed E-state index contributed by atoms with van der Waals surface area (Å²) in [6.45, 7) is 4.57. The van der Waals surface area contributed by atoms with Gasteiger partial charge in [-0.05, 0) is 38.2 Å². The van der Waals surface area contributed by atoms with Crippen molar-refractivity contribution in [2.24, 2.45) is 5.92 Å². The molecule has 0 radical (unpaired) electrons. The van der Waals surface area contributed by atoms with Crippen molar-refractivity contribution >= 4 is 26.0 Å². The Balaban J connectivity index is 2.81. The second-order valence-corrected chi connectivity index (χ2v) is 7.77. The number of nitrogens with zero attached hydrogens (tertiary/aromatic N) is 1. The minimum absolute atomic E-state index is 0.168. The quantitative estimate of drug-likeness (QED) is 0.858. The van der Waals surface area contributed by atoms with E-state index in [-0.39, 0.29) is 10.9 Å². The summed E-state index contributed by atoms with van der Waals surface area (Å²) in [5.74, 6) is 0.375. The molecule has 0 aliphatic rings. The van der Waals surface area contributed by atoms with Crippen molar-refractivity contribution in [2.75, 3.05) is 20.6 Å². The lowest BCUT2D eigenvalue weighted by atomic mass is 10.0. The fourth-order valence-corrected chi connectivity index (χ4v) is 3.57. The van der Waals surface area contributed by atoms with Crippen molar-refractivity contribution in [1.29, 1.82) is 0 Å². The van der Waals surface area contributed by atoms with E-state index >= 15 is 0 Å². The minimum Gasteiger partial charge on any atom is -0.305 e. The highest BCUT2D eigenvalue weighted by Crippen LogP contribution is 2.16. The fraction of sp³-hybridized carbons (Fsp3) is 0.538. The summed E-state index contributed by atoms with van der Waals surface area (Å²) in [7, 11) is 0.461. The molecule has 1 unspecified atom stereocenters. The van der Waals surface area contributed by atoms with Crippen LogP contribution < -0.4 is 4.72 Å². The number of likely N-dealkylation sites (N-methyl/N-ethyl adjacent to an activating group) is 1. The maximum Gasteiger partial charge on any atom is 0.240 e. The first-order valence-corrected chi connectivity index (χ1v) is 8.43. The highest BCUT2D eigenvalue weighted by molar-refractivity contribution is 9.10. The maximum atomic E-state index is 12.2. The van der Waals surface area contributed by atoms with Gasteiger partial charge >= 0.3 is 0 Å². The SMILES string of the molecule is CC(C)C(CNS(=O)(=O)c1cccc(Br)c1)N(C)C. The van der Waals surface area contributed by atoms with Gasteiger partial charge in [0.05, 0.1) is 4.90 Å². The smallest absolute Gasteiger partial charge is 0.240 e. The lowest BCUT2D eigenvalue weighted by Crippen LogP contribution is -2.43. The third kappa shape index (κ3) is 4.87. The average Bonchev–Trinajstić information content (AvgIpc) is 2.28. The summed E-state index contributed by atoms with van der Waals surface area (Å²) in [5, 5.41) is 0. The molecular formula is C13H21BrN2O2S. The minimum atomic E-state index is -3.45. The molecule has 0 spiro atoms. The molecule has 108 valence electrons. The van der Waals surface area contributed by atoms with E-state index in [1.807, 2.05) is 19.0 Å². The zero-order valence-corrected chi connectivity index (χ0v) is 14.1. The first-order chi connectivity index (χ1) is 8.74. The van der Waals surface area contributed by atoms with Gasteiger partial charge in [0.1, 0.15) is 0 Å². The Bertz CT molecular complexity index is 507. The van der Waals surface area contributed by atoms with Gasteiger partial charge in [-0.3, -0.25) is 0 Å². The molecule has 1 aromatic carbocycles. The van der Waals surface area contributed by atoms with Crippen molar-refractivity contribution in [2.45, 2.75) is 24.8 Å². The number of sulfonamides is 1. The number of halogens is 1. The van der Waals surface area contributed by atoms with E-state index in [0.717, 1.165) is 4.47 Å². The average molecular weight is 349 g/mol. The van der Waals surface area contributed by atoms with E-state index in [0.29, 0.717) is 12.5 Å². The second-order valence-electron chi connectivity index (χ2n) is 5.08. The molecule has 0 aromatic heterocycles. The Kier molecular flexibility index (Phi) is 5.98. The normalized spacial score (nSPS) is 14.1. The van der Waals surface area contributed by atoms with E-state index in [1.54, 1.807) is 24.3 Å². The van der Waals surface area contributed by atoms with Gasteiger partial charge < -0.3 is 4.90 Å². The maximum absolute atomic E-state index is 12.2. The van der Waals surface area contributed by atoms with Crippen molar-refractivity contribution in [1.82, 2.24) is 9.62 Å². The van der Waals surface area contributed by atoms with Crippen LogP contribution in [-0.4, -0.2) is 40.0 Å². The molecule has 1 atom stereocenters. The largest absolute Gasteiger partial charge is 0.305 e. The topological polar surface area (TPSA) is 49.4 Å². The molecule has 0 saturated heterocycles. The molecule has 1 N–H and O–H groups in total. The van der Waals surface area contributed by atoms with Gasteiger partial charge in [0.25, 0.3) is 0 Å². The third-order valence-corrected chi connectivity index (χ3v) is 4.94. The lowest BCUT2D eigenvalue weighted by Gasteiger charge is -2.28. The van der Waals surface area contributed by atoms with Crippen LogP contribution in [0.2, 0.25) is 0 Å². The summed E-state index contributed by atoms with van der Waals surface area (Å²) in [4.78, 5) is 2.32. The number of benzene rings is 1. The van der Waals surface area contributed by atoms with Crippen LogP contribution >= 0.6 is 15.9 Å². The molecule has 0 heterocycles. The summed E-state index contributed by atoms with van der Waals surface area (Å²) in [6, 6.07) is 6.87. The molecule has 0 fully saturated rings. The van der Waals surface area contributed by atoms with Gasteiger partial charge in [0.2, 0.25) is 10.0 Å². The molecular weight excluding hydrogens is 328 g/mol. The van der Waals surface area contributed by atoms with Gasteiger partial charge in [0.15, 0.2) is 0 Å². The summed E-state index contributed by atoms with van der Waals surface area (Å²) in [5.41, 5.74) is 0. The first-order valence-electron chi connectivity index (χ1n) is 6.15. The van der Waals surface area contributed by atoms with E-state index < -0.39 is 10.0 Å². The van der Waals surface area contributed by atoms with E-state index in [2.05, 4.69) is 34.5 Å². The van der Waals surface area contributed by atoms with E-state index in [1.165, 1.54) is 0 Å². The van der Waals surface area contributed by atoms with Crippen LogP contribution in [0.5, 0.6) is 0 Å². The van der Waals surface area contributed by atoms with E-state index in [4.69, 9.17) is 0 Å². The van der Waals surface area contributed by atoms with Crippen molar-refractivity contribution < 1.29 is 8.42 Å². The van der Waals surface area contributed by atoms with Crippen LogP contribution in [0, 0.1) is 5.92 Å². The zero-order valence-electron chi connectivity index (χ0n) is 11.7. The Morgan fingerprint density at radius 1 is 1.32 bits per heavy atom. The number of hydrogen-bond donors (Lipinski definition) is 1. The zero-order chi connectivity index (χ0) is 14.6. The molecule has 4 nitrogen and oxygen atoms in total. The molecule has 0 aliphatic carbocycles. The van der Waals surface area contributed by atoms with Crippen LogP contribution in [0.1, 0.15) is 13.8 Å². The van der Waals surface area contributed by atoms with Crippen LogP contribution in [0.15, 0.2) is 33.6 Å². The monoisotopic (exact) mass is 348 g/mol. The van der Waals surface area contributed by atoms with Crippen LogP contribution in [0.25, 0.3) is 0 Å². The molecule has 1 rings (SSSR count). The van der Waals surface area contributed by atoms with Crippen LogP contribution in [0.3, 0.4) is 0 Å². The summed E-state index contributed by atoms with van der Waals surface area (Å²) < 4.78 is 27.8. The molecule has 1 aromatic rings. The summed E-state index contributed by atoms with van der Waals surface area (Å²) >= 11 is 3.28. The Labute approximate surface area is 124 Å². The number of rotatable bonds is 6. The van der Waals surface area contributed by atoms with Crippen LogP contribution in [0.4, 0.5) is 0 Å². The second kappa shape index (κ2) is 6.83. The van der Waals surface area contributed by atoms with Crippen molar-refractivity contribution in [3.8, 4) is 0 Å². The highest BCUT2D eigenvalue weighted by Gasteiger charge is 2.20. The molecule has 0 saturated carbocycles. The standard InChI is InChI=1S/C13H21BrN2O2S/c1-10(2)13(16(3)4)9-15-19(17,18)12-7-5-6-11(14)8-12/h5-8,10,13,15H,9H2,1-4H3. The third-order valence-electron chi connectivity index (χ3n) is 3.02. The highest BCUT2D eigenvalue weighted by atomic mass is 79.9. The molecule has 6 heteroatoms. The predicted molar refractivity (Wildman–Crippen MR) is 81.6 cm³/mol. The van der Waals surface area contributed by atoms with Crippen molar-refractivity contribution in [3.05, 3.63) is 28.7 Å². The van der Waals surface area contributed by atoms with Crippen molar-refractivity contribution in [3.63, 3.8) is 0 Å². The molecule has 0 aliphatic heterocycles. The molecule has 19 heavy (non-hydrogen) atoms. The Morgan fingerprint density at radius 3 is 2.42 bits per heavy atom. The van der Waals surface area contributed by atoms with Gasteiger partial charge in [-0.1, -0.05) is 35.8 Å². The van der Waals surface area contributed by atoms with Gasteiger partial charge in [0, 0.05) is 17.1 Å². The predicted octanol–water partition coefficient (Wildman–Crippen LogP) is 2.31. The first kappa shape index (κ1) is 16.6. The Morgan fingerprint density at radius 2 is 1.95 bits per heavy atom. The fourth-order valence-electron chi connectivity index (χ4n) is 1.93. The Hall–Kier alpha value is -0.430. The molecule has 0 bridgehead atoms. The van der Waals surface area contributed by atoms with Gasteiger partial charge in [-0.15, -0.1) is 0 Å². The van der Waals surface area contributed by atoms with Gasteiger partial charge in [-0.2, -0.15) is 0 Å². The van der Waals surface area contributed by atoms with E-state index in [9.17, 15) is 8.42 Å². The number of hydrogen-bond acceptors (Lipinski definition) is 3. The number of nitrogens with one attached hydrogen (secondary N) is 1. The van der Waals surface area contributed by atoms with Gasteiger partial charge in [-0.25, -0.2) is 13.1 Å². The van der Waals surface area contributed by atoms with Crippen LogP contribution in [-0.2, 0) is 10.0 Å².